The van der Waals surface area contributed by atoms with Gasteiger partial charge in [-0.15, -0.1) is 0 Å². The Labute approximate surface area is 100 Å². The Bertz CT molecular complexity index is 390. The van der Waals surface area contributed by atoms with Gasteiger partial charge in [0, 0.05) is 18.0 Å². The van der Waals surface area contributed by atoms with Crippen LogP contribution in [0.25, 0.3) is 0 Å². The smallest absolute Gasteiger partial charge is 0.328 e. The summed E-state index contributed by atoms with van der Waals surface area (Å²) in [6.07, 6.45) is 3.05. The monoisotopic (exact) mass is 236 g/mol. The molecule has 1 rings (SSSR count). The van der Waals surface area contributed by atoms with Crippen LogP contribution in [0, 0.1) is 5.92 Å². The van der Waals surface area contributed by atoms with Gasteiger partial charge in [-0.3, -0.25) is 9.78 Å². The van der Waals surface area contributed by atoms with Gasteiger partial charge in [0.15, 0.2) is 0 Å². The Balaban J connectivity index is 2.75. The molecule has 1 aromatic heterocycles. The maximum absolute atomic E-state index is 11.8. The molecule has 0 unspecified atom stereocenters. The van der Waals surface area contributed by atoms with Gasteiger partial charge in [-0.25, -0.2) is 4.79 Å². The highest BCUT2D eigenvalue weighted by atomic mass is 16.5. The summed E-state index contributed by atoms with van der Waals surface area (Å²) in [5.74, 6) is -0.785. The molecule has 1 amide bonds. The minimum atomic E-state index is -0.638. The van der Waals surface area contributed by atoms with Crippen LogP contribution < -0.4 is 5.32 Å². The predicted octanol–water partition coefficient (Wildman–Crippen LogP) is 1.01. The molecule has 5 nitrogen and oxygen atoms in total. The molecule has 0 aliphatic carbocycles. The van der Waals surface area contributed by atoms with Crippen LogP contribution >= 0.6 is 0 Å². The summed E-state index contributed by atoms with van der Waals surface area (Å²) in [6.45, 7) is 3.68. The minimum Gasteiger partial charge on any atom is -0.467 e. The summed E-state index contributed by atoms with van der Waals surface area (Å²) in [5.41, 5.74) is 0.467. The van der Waals surface area contributed by atoms with E-state index in [4.69, 9.17) is 0 Å². The number of nitrogens with one attached hydrogen (secondary N) is 1. The first kappa shape index (κ1) is 13.2. The lowest BCUT2D eigenvalue weighted by molar-refractivity contribution is -0.144. The molecule has 5 heteroatoms. The zero-order chi connectivity index (χ0) is 12.8. The van der Waals surface area contributed by atoms with Gasteiger partial charge in [-0.05, 0) is 18.1 Å². The summed E-state index contributed by atoms with van der Waals surface area (Å²) in [4.78, 5) is 27.1. The summed E-state index contributed by atoms with van der Waals surface area (Å²) < 4.78 is 4.64. The van der Waals surface area contributed by atoms with Crippen LogP contribution in [0.2, 0.25) is 0 Å². The van der Waals surface area contributed by atoms with Crippen molar-refractivity contribution < 1.29 is 14.3 Å². The SMILES string of the molecule is COC(=O)[C@H](NC(=O)c1ccncc1)C(C)C. The van der Waals surface area contributed by atoms with E-state index >= 15 is 0 Å². The highest BCUT2D eigenvalue weighted by molar-refractivity contribution is 5.96. The van der Waals surface area contributed by atoms with Crippen molar-refractivity contribution in [2.45, 2.75) is 19.9 Å². The van der Waals surface area contributed by atoms with Crippen LogP contribution in [-0.4, -0.2) is 30.0 Å². The fourth-order valence-corrected chi connectivity index (χ4v) is 1.35. The van der Waals surface area contributed by atoms with Gasteiger partial charge in [0.2, 0.25) is 0 Å². The molecule has 1 atom stereocenters. The third kappa shape index (κ3) is 3.55. The quantitative estimate of drug-likeness (QED) is 0.792. The van der Waals surface area contributed by atoms with Crippen LogP contribution in [0.1, 0.15) is 24.2 Å². The highest BCUT2D eigenvalue weighted by Crippen LogP contribution is 2.05. The summed E-state index contributed by atoms with van der Waals surface area (Å²) in [6, 6.07) is 2.54. The van der Waals surface area contributed by atoms with E-state index in [0.29, 0.717) is 5.56 Å². The van der Waals surface area contributed by atoms with E-state index in [-0.39, 0.29) is 11.8 Å². The van der Waals surface area contributed by atoms with Crippen LogP contribution in [0.3, 0.4) is 0 Å². The number of hydrogen-bond donors (Lipinski definition) is 1. The van der Waals surface area contributed by atoms with E-state index in [2.05, 4.69) is 15.0 Å². The van der Waals surface area contributed by atoms with Crippen molar-refractivity contribution in [3.63, 3.8) is 0 Å². The molecule has 0 fully saturated rings. The number of rotatable bonds is 4. The molecule has 17 heavy (non-hydrogen) atoms. The van der Waals surface area contributed by atoms with Crippen molar-refractivity contribution in [1.82, 2.24) is 10.3 Å². The summed E-state index contributed by atoms with van der Waals surface area (Å²) >= 11 is 0. The number of aromatic nitrogens is 1. The second-order valence-corrected chi connectivity index (χ2v) is 3.95. The molecule has 0 bridgehead atoms. The predicted molar refractivity (Wildman–Crippen MR) is 62.3 cm³/mol. The van der Waals surface area contributed by atoms with E-state index in [9.17, 15) is 9.59 Å². The van der Waals surface area contributed by atoms with Crippen LogP contribution in [-0.2, 0) is 9.53 Å². The minimum absolute atomic E-state index is 0.0340. The number of ether oxygens (including phenoxy) is 1. The average molecular weight is 236 g/mol. The van der Waals surface area contributed by atoms with Crippen molar-refractivity contribution in [2.24, 2.45) is 5.92 Å². The third-order valence-electron chi connectivity index (χ3n) is 2.35. The van der Waals surface area contributed by atoms with Gasteiger partial charge < -0.3 is 10.1 Å². The van der Waals surface area contributed by atoms with E-state index < -0.39 is 12.0 Å². The Morgan fingerprint density at radius 2 is 1.88 bits per heavy atom. The number of pyridine rings is 1. The van der Waals surface area contributed by atoms with Gasteiger partial charge in [-0.1, -0.05) is 13.8 Å². The number of carbonyl (C=O) groups is 2. The van der Waals surface area contributed by atoms with E-state index in [0.717, 1.165) is 0 Å². The van der Waals surface area contributed by atoms with E-state index in [1.165, 1.54) is 19.5 Å². The number of hydrogen-bond acceptors (Lipinski definition) is 4. The Hall–Kier alpha value is -1.91. The first-order chi connectivity index (χ1) is 8.06. The summed E-state index contributed by atoms with van der Waals surface area (Å²) in [5, 5.41) is 2.64. The normalized spacial score (nSPS) is 12.0. The molecule has 0 radical (unpaired) electrons. The third-order valence-corrected chi connectivity index (χ3v) is 2.35. The first-order valence-electron chi connectivity index (χ1n) is 5.35. The number of methoxy groups -OCH3 is 1. The topological polar surface area (TPSA) is 68.3 Å². The fraction of sp³-hybridized carbons (Fsp3) is 0.417. The number of esters is 1. The van der Waals surface area contributed by atoms with Crippen molar-refractivity contribution >= 4 is 11.9 Å². The maximum atomic E-state index is 11.8. The second kappa shape index (κ2) is 5.98. The van der Waals surface area contributed by atoms with Gasteiger partial charge in [0.1, 0.15) is 6.04 Å². The Morgan fingerprint density at radius 1 is 1.29 bits per heavy atom. The van der Waals surface area contributed by atoms with Gasteiger partial charge in [0.05, 0.1) is 7.11 Å². The molecule has 92 valence electrons. The van der Waals surface area contributed by atoms with Gasteiger partial charge in [0.25, 0.3) is 5.91 Å². The van der Waals surface area contributed by atoms with Crippen molar-refractivity contribution in [2.75, 3.05) is 7.11 Å². The largest absolute Gasteiger partial charge is 0.467 e. The van der Waals surface area contributed by atoms with Crippen molar-refractivity contribution in [1.29, 1.82) is 0 Å². The molecule has 0 aliphatic rings. The van der Waals surface area contributed by atoms with Crippen LogP contribution in [0.5, 0.6) is 0 Å². The Morgan fingerprint density at radius 3 is 2.35 bits per heavy atom. The molecular formula is C12H16N2O3. The zero-order valence-corrected chi connectivity index (χ0v) is 10.1. The Kier molecular flexibility index (Phi) is 4.63. The lowest BCUT2D eigenvalue weighted by atomic mass is 10.0. The lowest BCUT2D eigenvalue weighted by Crippen LogP contribution is -2.45. The van der Waals surface area contributed by atoms with E-state index in [1.54, 1.807) is 12.1 Å². The first-order valence-corrected chi connectivity index (χ1v) is 5.35. The lowest BCUT2D eigenvalue weighted by Gasteiger charge is -2.19. The number of nitrogens with zero attached hydrogens (tertiary/aromatic N) is 1. The molecule has 1 N–H and O–H groups in total. The highest BCUT2D eigenvalue weighted by Gasteiger charge is 2.25. The maximum Gasteiger partial charge on any atom is 0.328 e. The molecule has 1 aromatic rings. The second-order valence-electron chi connectivity index (χ2n) is 3.95. The van der Waals surface area contributed by atoms with Crippen molar-refractivity contribution in [3.05, 3.63) is 30.1 Å². The molecule has 0 saturated heterocycles. The standard InChI is InChI=1S/C12H16N2O3/c1-8(2)10(12(16)17-3)14-11(15)9-4-6-13-7-5-9/h4-8,10H,1-3H3,(H,14,15)/t10-/m1/s1. The summed E-state index contributed by atoms with van der Waals surface area (Å²) in [7, 11) is 1.30. The average Bonchev–Trinajstić information content (AvgIpc) is 2.35. The molecule has 0 spiro atoms. The van der Waals surface area contributed by atoms with Gasteiger partial charge >= 0.3 is 5.97 Å². The fourth-order valence-electron chi connectivity index (χ4n) is 1.35. The van der Waals surface area contributed by atoms with Crippen LogP contribution in [0.4, 0.5) is 0 Å². The molecule has 1 heterocycles. The number of carbonyl (C=O) groups excluding carboxylic acids is 2. The van der Waals surface area contributed by atoms with Gasteiger partial charge in [-0.2, -0.15) is 0 Å². The van der Waals surface area contributed by atoms with Crippen LogP contribution in [0.15, 0.2) is 24.5 Å². The van der Waals surface area contributed by atoms with E-state index in [1.807, 2.05) is 13.8 Å². The van der Waals surface area contributed by atoms with Crippen molar-refractivity contribution in [3.8, 4) is 0 Å². The number of amides is 1. The molecule has 0 aromatic carbocycles. The molecule has 0 saturated carbocycles. The molecule has 0 aliphatic heterocycles. The zero-order valence-electron chi connectivity index (χ0n) is 10.1. The molecular weight excluding hydrogens is 220 g/mol.